The summed E-state index contributed by atoms with van der Waals surface area (Å²) in [5.41, 5.74) is 0. The second kappa shape index (κ2) is 10.4. The molecule has 18 heavy (non-hydrogen) atoms. The largest absolute Gasteiger partial charge is 0.322 e. The molecule has 0 bridgehead atoms. The Labute approximate surface area is 117 Å². The van der Waals surface area contributed by atoms with Crippen LogP contribution in [0, 0.1) is 0 Å². The van der Waals surface area contributed by atoms with Crippen molar-refractivity contribution in [3.63, 3.8) is 0 Å². The number of aryl methyl sites for hydroxylation is 1. The van der Waals surface area contributed by atoms with Gasteiger partial charge in [0.2, 0.25) is 5.28 Å². The van der Waals surface area contributed by atoms with E-state index in [1.807, 2.05) is 10.8 Å². The van der Waals surface area contributed by atoms with Gasteiger partial charge in [-0.15, -0.1) is 0 Å². The lowest BCUT2D eigenvalue weighted by molar-refractivity contribution is 0.535. The predicted molar refractivity (Wildman–Crippen MR) is 79.1 cm³/mol. The minimum atomic E-state index is 0.617. The molecule has 0 atom stereocenters. The average molecular weight is 271 g/mol. The van der Waals surface area contributed by atoms with Crippen molar-refractivity contribution < 1.29 is 0 Å². The first-order chi connectivity index (χ1) is 8.84. The van der Waals surface area contributed by atoms with E-state index in [0.29, 0.717) is 5.28 Å². The van der Waals surface area contributed by atoms with E-state index >= 15 is 0 Å². The first-order valence-corrected chi connectivity index (χ1v) is 7.89. The Balaban J connectivity index is 1.83. The zero-order valence-corrected chi connectivity index (χ0v) is 12.5. The van der Waals surface area contributed by atoms with Crippen molar-refractivity contribution in [2.45, 2.75) is 77.7 Å². The van der Waals surface area contributed by atoms with Gasteiger partial charge in [-0.2, -0.15) is 0 Å². The Kier molecular flexibility index (Phi) is 9.01. The highest BCUT2D eigenvalue weighted by atomic mass is 35.5. The predicted octanol–water partition coefficient (Wildman–Crippen LogP) is 5.46. The fourth-order valence-corrected chi connectivity index (χ4v) is 2.44. The van der Waals surface area contributed by atoms with Gasteiger partial charge < -0.3 is 4.57 Å². The molecule has 2 nitrogen and oxygen atoms in total. The van der Waals surface area contributed by atoms with Crippen molar-refractivity contribution >= 4 is 11.6 Å². The molecule has 0 radical (unpaired) electrons. The topological polar surface area (TPSA) is 17.8 Å². The van der Waals surface area contributed by atoms with Gasteiger partial charge in [-0.1, -0.05) is 64.7 Å². The van der Waals surface area contributed by atoms with Crippen LogP contribution in [-0.2, 0) is 6.54 Å². The van der Waals surface area contributed by atoms with Gasteiger partial charge in [0.15, 0.2) is 0 Å². The molecule has 0 N–H and O–H groups in total. The number of unbranched alkanes of at least 4 members (excludes halogenated alkanes) is 9. The monoisotopic (exact) mass is 270 g/mol. The molecule has 0 fully saturated rings. The van der Waals surface area contributed by atoms with Crippen molar-refractivity contribution in [3.8, 4) is 0 Å². The Morgan fingerprint density at radius 2 is 1.50 bits per heavy atom. The maximum absolute atomic E-state index is 5.91. The number of nitrogens with zero attached hydrogens (tertiary/aromatic N) is 2. The summed E-state index contributed by atoms with van der Waals surface area (Å²) in [5, 5.41) is 0.617. The third-order valence-corrected chi connectivity index (χ3v) is 3.73. The average Bonchev–Trinajstić information content (AvgIpc) is 2.77. The molecule has 0 aromatic carbocycles. The molecule has 0 saturated heterocycles. The van der Waals surface area contributed by atoms with Crippen molar-refractivity contribution in [1.29, 1.82) is 0 Å². The van der Waals surface area contributed by atoms with Crippen LogP contribution in [0.3, 0.4) is 0 Å². The highest BCUT2D eigenvalue weighted by molar-refractivity contribution is 6.28. The minimum absolute atomic E-state index is 0.617. The molecule has 0 saturated carbocycles. The fourth-order valence-electron chi connectivity index (χ4n) is 2.25. The third kappa shape index (κ3) is 7.05. The van der Waals surface area contributed by atoms with Crippen LogP contribution in [0.4, 0.5) is 0 Å². The van der Waals surface area contributed by atoms with Crippen molar-refractivity contribution in [2.24, 2.45) is 0 Å². The van der Waals surface area contributed by atoms with Gasteiger partial charge in [0.25, 0.3) is 0 Å². The van der Waals surface area contributed by atoms with E-state index in [0.717, 1.165) is 6.54 Å². The lowest BCUT2D eigenvalue weighted by Gasteiger charge is -2.04. The second-order valence-electron chi connectivity index (χ2n) is 5.07. The zero-order valence-electron chi connectivity index (χ0n) is 11.7. The Morgan fingerprint density at radius 3 is 2.00 bits per heavy atom. The first-order valence-electron chi connectivity index (χ1n) is 7.51. The van der Waals surface area contributed by atoms with Gasteiger partial charge in [-0.3, -0.25) is 0 Å². The molecule has 0 amide bonds. The molecule has 1 aromatic heterocycles. The number of rotatable bonds is 11. The summed E-state index contributed by atoms with van der Waals surface area (Å²) in [6, 6.07) is 0. The highest BCUT2D eigenvalue weighted by Crippen LogP contribution is 2.12. The smallest absolute Gasteiger partial charge is 0.202 e. The standard InChI is InChI=1S/C15H27ClN2/c1-2-3-4-5-6-7-8-9-10-11-13-18-14-12-17-15(18)16/h12,14H,2-11,13H2,1H3. The molecule has 1 aromatic rings. The molecule has 104 valence electrons. The van der Waals surface area contributed by atoms with E-state index in [-0.39, 0.29) is 0 Å². The van der Waals surface area contributed by atoms with Gasteiger partial charge >= 0.3 is 0 Å². The van der Waals surface area contributed by atoms with Crippen LogP contribution in [0.2, 0.25) is 5.28 Å². The van der Waals surface area contributed by atoms with Gasteiger partial charge in [0, 0.05) is 18.9 Å². The van der Waals surface area contributed by atoms with E-state index < -0.39 is 0 Å². The van der Waals surface area contributed by atoms with Crippen LogP contribution in [-0.4, -0.2) is 9.55 Å². The van der Waals surface area contributed by atoms with Gasteiger partial charge in [0.05, 0.1) is 0 Å². The molecule has 0 spiro atoms. The summed E-state index contributed by atoms with van der Waals surface area (Å²) in [4.78, 5) is 4.01. The molecule has 1 rings (SSSR count). The summed E-state index contributed by atoms with van der Waals surface area (Å²) in [5.74, 6) is 0. The molecular formula is C15H27ClN2. The zero-order chi connectivity index (χ0) is 13.1. The normalized spacial score (nSPS) is 11.0. The van der Waals surface area contributed by atoms with Gasteiger partial charge in [-0.05, 0) is 18.0 Å². The lowest BCUT2D eigenvalue weighted by Crippen LogP contribution is -1.96. The van der Waals surface area contributed by atoms with Crippen LogP contribution < -0.4 is 0 Å². The van der Waals surface area contributed by atoms with Crippen molar-refractivity contribution in [1.82, 2.24) is 9.55 Å². The van der Waals surface area contributed by atoms with Crippen LogP contribution in [0.25, 0.3) is 0 Å². The van der Waals surface area contributed by atoms with Crippen LogP contribution in [0.15, 0.2) is 12.4 Å². The quantitative estimate of drug-likeness (QED) is 0.488. The number of hydrogen-bond acceptors (Lipinski definition) is 1. The molecule has 0 aliphatic rings. The van der Waals surface area contributed by atoms with Crippen LogP contribution in [0.1, 0.15) is 71.1 Å². The highest BCUT2D eigenvalue weighted by Gasteiger charge is 1.98. The lowest BCUT2D eigenvalue weighted by atomic mass is 10.1. The summed E-state index contributed by atoms with van der Waals surface area (Å²) in [6.07, 6.45) is 17.4. The van der Waals surface area contributed by atoms with Crippen LogP contribution >= 0.6 is 11.6 Å². The molecule has 1 heterocycles. The van der Waals surface area contributed by atoms with E-state index in [4.69, 9.17) is 11.6 Å². The number of aromatic nitrogens is 2. The number of halogens is 1. The summed E-state index contributed by atoms with van der Waals surface area (Å²) >= 11 is 5.91. The number of hydrogen-bond donors (Lipinski definition) is 0. The van der Waals surface area contributed by atoms with Crippen molar-refractivity contribution in [3.05, 3.63) is 17.7 Å². The second-order valence-corrected chi connectivity index (χ2v) is 5.41. The molecule has 0 unspecified atom stereocenters. The van der Waals surface area contributed by atoms with Crippen LogP contribution in [0.5, 0.6) is 0 Å². The van der Waals surface area contributed by atoms with E-state index in [9.17, 15) is 0 Å². The Hall–Kier alpha value is -0.500. The van der Waals surface area contributed by atoms with E-state index in [1.54, 1.807) is 6.20 Å². The Morgan fingerprint density at radius 1 is 0.944 bits per heavy atom. The van der Waals surface area contributed by atoms with Gasteiger partial charge in [0.1, 0.15) is 0 Å². The molecular weight excluding hydrogens is 244 g/mol. The van der Waals surface area contributed by atoms with Gasteiger partial charge in [-0.25, -0.2) is 4.98 Å². The summed E-state index contributed by atoms with van der Waals surface area (Å²) in [6.45, 7) is 3.28. The maximum atomic E-state index is 5.91. The number of imidazole rings is 1. The third-order valence-electron chi connectivity index (χ3n) is 3.42. The maximum Gasteiger partial charge on any atom is 0.202 e. The first kappa shape index (κ1) is 15.6. The van der Waals surface area contributed by atoms with Crippen molar-refractivity contribution in [2.75, 3.05) is 0 Å². The summed E-state index contributed by atoms with van der Waals surface area (Å²) in [7, 11) is 0. The molecule has 0 aliphatic carbocycles. The SMILES string of the molecule is CCCCCCCCCCCCn1ccnc1Cl. The summed E-state index contributed by atoms with van der Waals surface area (Å²) < 4.78 is 2.02. The van der Waals surface area contributed by atoms with E-state index in [1.165, 1.54) is 64.2 Å². The minimum Gasteiger partial charge on any atom is -0.322 e. The fraction of sp³-hybridized carbons (Fsp3) is 0.800. The Bertz CT molecular complexity index is 296. The van der Waals surface area contributed by atoms with E-state index in [2.05, 4.69) is 11.9 Å². The molecule has 0 aliphatic heterocycles. The molecule has 3 heteroatoms.